The van der Waals surface area contributed by atoms with Gasteiger partial charge in [0.1, 0.15) is 5.60 Å². The number of hydrogen-bond donors (Lipinski definition) is 1. The van der Waals surface area contributed by atoms with Gasteiger partial charge in [0.25, 0.3) is 0 Å². The molecule has 0 spiro atoms. The molecule has 1 aliphatic rings. The Morgan fingerprint density at radius 1 is 1.41 bits per heavy atom. The molecule has 0 bridgehead atoms. The van der Waals surface area contributed by atoms with Crippen LogP contribution in [0.15, 0.2) is 0 Å². The Balaban J connectivity index is 2.67. The monoisotopic (exact) mass is 243 g/mol. The molecule has 0 aliphatic carbocycles. The van der Waals surface area contributed by atoms with Gasteiger partial charge in [0.05, 0.1) is 12.5 Å². The maximum atomic E-state index is 11.8. The van der Waals surface area contributed by atoms with Gasteiger partial charge in [0.15, 0.2) is 0 Å². The molecule has 0 radical (unpaired) electrons. The summed E-state index contributed by atoms with van der Waals surface area (Å²) < 4.78 is 5.24. The van der Waals surface area contributed by atoms with E-state index in [0.29, 0.717) is 6.54 Å². The lowest BCUT2D eigenvalue weighted by molar-refractivity contribution is -0.143. The molecule has 1 fully saturated rings. The van der Waals surface area contributed by atoms with Crippen molar-refractivity contribution < 1.29 is 19.4 Å². The third-order valence-electron chi connectivity index (χ3n) is 2.85. The molecule has 0 aromatic rings. The Hall–Kier alpha value is -1.26. The molecule has 0 aromatic carbocycles. The highest BCUT2D eigenvalue weighted by Gasteiger charge is 2.50. The molecule has 98 valence electrons. The quantitative estimate of drug-likeness (QED) is 0.806. The van der Waals surface area contributed by atoms with Crippen molar-refractivity contribution in [3.05, 3.63) is 0 Å². The van der Waals surface area contributed by atoms with Gasteiger partial charge in [0, 0.05) is 12.0 Å². The summed E-state index contributed by atoms with van der Waals surface area (Å²) >= 11 is 0. The Kier molecular flexibility index (Phi) is 3.41. The number of carbonyl (C=O) groups excluding carboxylic acids is 1. The van der Waals surface area contributed by atoms with Crippen molar-refractivity contribution in [3.8, 4) is 0 Å². The molecule has 1 unspecified atom stereocenters. The number of rotatable bonds is 2. The highest BCUT2D eigenvalue weighted by molar-refractivity contribution is 5.73. The second-order valence-corrected chi connectivity index (χ2v) is 6.21. The second-order valence-electron chi connectivity index (χ2n) is 6.21. The van der Waals surface area contributed by atoms with Crippen LogP contribution in [0.25, 0.3) is 0 Å². The lowest BCUT2D eigenvalue weighted by Gasteiger charge is -2.53. The van der Waals surface area contributed by atoms with E-state index < -0.39 is 17.7 Å². The van der Waals surface area contributed by atoms with Crippen LogP contribution in [0.1, 0.15) is 41.0 Å². The van der Waals surface area contributed by atoms with Gasteiger partial charge in [-0.25, -0.2) is 4.79 Å². The number of carbonyl (C=O) groups is 2. The highest BCUT2D eigenvalue weighted by Crippen LogP contribution is 2.39. The van der Waals surface area contributed by atoms with Crippen molar-refractivity contribution in [2.24, 2.45) is 5.41 Å². The molecule has 1 amide bonds. The first kappa shape index (κ1) is 13.8. The van der Waals surface area contributed by atoms with Crippen LogP contribution in [0.2, 0.25) is 0 Å². The summed E-state index contributed by atoms with van der Waals surface area (Å²) in [4.78, 5) is 24.1. The van der Waals surface area contributed by atoms with Crippen LogP contribution in [0, 0.1) is 5.41 Å². The van der Waals surface area contributed by atoms with Gasteiger partial charge in [-0.05, 0) is 20.8 Å². The fourth-order valence-electron chi connectivity index (χ4n) is 2.03. The van der Waals surface area contributed by atoms with E-state index in [1.165, 1.54) is 4.90 Å². The number of amides is 1. The van der Waals surface area contributed by atoms with E-state index >= 15 is 0 Å². The fourth-order valence-corrected chi connectivity index (χ4v) is 2.03. The summed E-state index contributed by atoms with van der Waals surface area (Å²) in [6.45, 7) is 9.84. The molecule has 1 rings (SSSR count). The molecule has 17 heavy (non-hydrogen) atoms. The minimum Gasteiger partial charge on any atom is -0.481 e. The Morgan fingerprint density at radius 2 is 1.94 bits per heavy atom. The predicted molar refractivity (Wildman–Crippen MR) is 62.8 cm³/mol. The Morgan fingerprint density at radius 3 is 2.29 bits per heavy atom. The lowest BCUT2D eigenvalue weighted by atomic mass is 9.73. The van der Waals surface area contributed by atoms with E-state index in [0.717, 1.165) is 0 Å². The third-order valence-corrected chi connectivity index (χ3v) is 2.85. The highest BCUT2D eigenvalue weighted by atomic mass is 16.6. The zero-order valence-corrected chi connectivity index (χ0v) is 11.1. The minimum atomic E-state index is -0.892. The smallest absolute Gasteiger partial charge is 0.410 e. The largest absolute Gasteiger partial charge is 0.481 e. The van der Waals surface area contributed by atoms with E-state index in [-0.39, 0.29) is 17.9 Å². The molecule has 1 heterocycles. The van der Waals surface area contributed by atoms with Gasteiger partial charge in [-0.2, -0.15) is 0 Å². The first-order chi connectivity index (χ1) is 7.53. The summed E-state index contributed by atoms with van der Waals surface area (Å²) in [6.07, 6.45) is -0.463. The number of aliphatic carboxylic acids is 1. The zero-order valence-electron chi connectivity index (χ0n) is 11.1. The van der Waals surface area contributed by atoms with Gasteiger partial charge >= 0.3 is 12.1 Å². The molecule has 5 heteroatoms. The summed E-state index contributed by atoms with van der Waals surface area (Å²) in [5.74, 6) is -0.892. The van der Waals surface area contributed by atoms with Crippen molar-refractivity contribution >= 4 is 12.1 Å². The molecule has 5 nitrogen and oxygen atoms in total. The molecule has 1 atom stereocenters. The van der Waals surface area contributed by atoms with Gasteiger partial charge < -0.3 is 14.7 Å². The zero-order chi connectivity index (χ0) is 13.4. The summed E-state index contributed by atoms with van der Waals surface area (Å²) in [5, 5.41) is 8.83. The van der Waals surface area contributed by atoms with E-state index in [1.807, 2.05) is 13.8 Å². The van der Waals surface area contributed by atoms with Crippen molar-refractivity contribution in [1.29, 1.82) is 0 Å². The first-order valence-corrected chi connectivity index (χ1v) is 5.74. The van der Waals surface area contributed by atoms with Crippen LogP contribution in [0.5, 0.6) is 0 Å². The predicted octanol–water partition coefficient (Wildman–Crippen LogP) is 2.11. The van der Waals surface area contributed by atoms with E-state index in [4.69, 9.17) is 9.84 Å². The van der Waals surface area contributed by atoms with Gasteiger partial charge in [-0.15, -0.1) is 0 Å². The van der Waals surface area contributed by atoms with Crippen LogP contribution < -0.4 is 0 Å². The number of ether oxygens (including phenoxy) is 1. The topological polar surface area (TPSA) is 66.8 Å². The van der Waals surface area contributed by atoms with Crippen LogP contribution in [0.3, 0.4) is 0 Å². The number of carboxylic acid groups (broad SMARTS) is 1. The molecule has 0 aromatic heterocycles. The maximum Gasteiger partial charge on any atom is 0.410 e. The number of likely N-dealkylation sites (tertiary alicyclic amines) is 1. The number of carboxylic acids is 1. The van der Waals surface area contributed by atoms with Crippen molar-refractivity contribution in [2.45, 2.75) is 52.7 Å². The molecule has 1 saturated heterocycles. The van der Waals surface area contributed by atoms with E-state index in [2.05, 4.69) is 0 Å². The summed E-state index contributed by atoms with van der Waals surface area (Å²) in [6, 6.07) is -0.283. The fraction of sp³-hybridized carbons (Fsp3) is 0.833. The normalized spacial score (nSPS) is 22.9. The lowest BCUT2D eigenvalue weighted by Crippen LogP contribution is -2.65. The van der Waals surface area contributed by atoms with E-state index in [1.54, 1.807) is 20.8 Å². The molecular weight excluding hydrogens is 222 g/mol. The van der Waals surface area contributed by atoms with Crippen LogP contribution in [0.4, 0.5) is 4.79 Å². The average Bonchev–Trinajstić information content (AvgIpc) is 2.08. The molecular formula is C12H21NO4. The van der Waals surface area contributed by atoms with Crippen LogP contribution in [-0.4, -0.2) is 40.3 Å². The van der Waals surface area contributed by atoms with Crippen LogP contribution in [-0.2, 0) is 9.53 Å². The average molecular weight is 243 g/mol. The standard InChI is InChI=1S/C12H21NO4/c1-11(2,3)17-10(16)13-7-12(4,5)8(13)6-9(14)15/h8H,6-7H2,1-5H3,(H,14,15). The Bertz CT molecular complexity index is 330. The first-order valence-electron chi connectivity index (χ1n) is 5.74. The van der Waals surface area contributed by atoms with Crippen molar-refractivity contribution in [3.63, 3.8) is 0 Å². The third kappa shape index (κ3) is 3.35. The van der Waals surface area contributed by atoms with Gasteiger partial charge in [-0.3, -0.25) is 4.79 Å². The maximum absolute atomic E-state index is 11.8. The Labute approximate surface area is 102 Å². The second kappa shape index (κ2) is 4.20. The summed E-state index contributed by atoms with van der Waals surface area (Å²) in [5.41, 5.74) is -0.708. The van der Waals surface area contributed by atoms with Crippen LogP contribution >= 0.6 is 0 Å². The van der Waals surface area contributed by atoms with E-state index in [9.17, 15) is 9.59 Å². The molecule has 0 saturated carbocycles. The molecule has 1 N–H and O–H groups in total. The van der Waals surface area contributed by atoms with Crippen molar-refractivity contribution in [2.75, 3.05) is 6.54 Å². The van der Waals surface area contributed by atoms with Gasteiger partial charge in [0.2, 0.25) is 0 Å². The minimum absolute atomic E-state index is 0.0355. The number of nitrogens with zero attached hydrogens (tertiary/aromatic N) is 1. The SMILES string of the molecule is CC(C)(C)OC(=O)N1CC(C)(C)C1CC(=O)O. The van der Waals surface area contributed by atoms with Crippen molar-refractivity contribution in [1.82, 2.24) is 4.90 Å². The summed E-state index contributed by atoms with van der Waals surface area (Å²) in [7, 11) is 0. The number of hydrogen-bond acceptors (Lipinski definition) is 3. The van der Waals surface area contributed by atoms with Gasteiger partial charge in [-0.1, -0.05) is 13.8 Å². The molecule has 1 aliphatic heterocycles.